The number of halogens is 1. The molecule has 0 bridgehead atoms. The second kappa shape index (κ2) is 7.77. The van der Waals surface area contributed by atoms with Crippen LogP contribution in [-0.4, -0.2) is 26.8 Å². The van der Waals surface area contributed by atoms with Crippen LogP contribution < -0.4 is 5.76 Å². The summed E-state index contributed by atoms with van der Waals surface area (Å²) < 4.78 is 6.82. The summed E-state index contributed by atoms with van der Waals surface area (Å²) in [5.74, 6) is -1.07. The second-order valence-electron chi connectivity index (χ2n) is 5.63. The van der Waals surface area contributed by atoms with Crippen LogP contribution >= 0.6 is 22.9 Å². The van der Waals surface area contributed by atoms with Crippen molar-refractivity contribution in [2.75, 3.05) is 6.54 Å². The molecule has 3 aromatic rings. The number of amides is 1. The van der Waals surface area contributed by atoms with E-state index in [2.05, 4.69) is 6.58 Å². The Morgan fingerprint density at radius 2 is 2.19 bits per heavy atom. The molecule has 1 amide bonds. The molecule has 0 aliphatic heterocycles. The lowest BCUT2D eigenvalue weighted by Gasteiger charge is -2.20. The molecule has 0 saturated heterocycles. The number of nitrogens with zero attached hydrogens (tertiary/aromatic N) is 3. The van der Waals surface area contributed by atoms with E-state index in [1.165, 1.54) is 28.4 Å². The maximum atomic E-state index is 12.7. The van der Waals surface area contributed by atoms with E-state index >= 15 is 0 Å². The molecule has 0 N–H and O–H groups in total. The third-order valence-electron chi connectivity index (χ3n) is 3.83. The molecule has 1 aromatic carbocycles. The summed E-state index contributed by atoms with van der Waals surface area (Å²) in [7, 11) is 0. The molecule has 0 atom stereocenters. The molecular weight excluding hydrogens is 394 g/mol. The molecule has 0 radical (unpaired) electrons. The number of fused-ring (bicyclic) bond motifs is 1. The van der Waals surface area contributed by atoms with Gasteiger partial charge in [-0.15, -0.1) is 17.9 Å². The second-order valence-corrected chi connectivity index (χ2v) is 7.43. The SMILES string of the molecule is C=CCN(Cc1ccc(Cl)s1)C(=O)Cn1c(=O)oc2cc([N+](=O)[O-])ccc21. The van der Waals surface area contributed by atoms with Crippen LogP contribution in [0.4, 0.5) is 5.69 Å². The van der Waals surface area contributed by atoms with Gasteiger partial charge >= 0.3 is 5.76 Å². The maximum Gasteiger partial charge on any atom is 0.420 e. The van der Waals surface area contributed by atoms with Gasteiger partial charge in [0.1, 0.15) is 6.54 Å². The number of benzene rings is 1. The van der Waals surface area contributed by atoms with E-state index < -0.39 is 10.7 Å². The molecule has 0 unspecified atom stereocenters. The van der Waals surface area contributed by atoms with E-state index in [-0.39, 0.29) is 23.7 Å². The Kier molecular flexibility index (Phi) is 5.43. The molecule has 2 aromatic heterocycles. The highest BCUT2D eigenvalue weighted by Gasteiger charge is 2.19. The third kappa shape index (κ3) is 4.09. The number of carbonyl (C=O) groups is 1. The number of thiophene rings is 1. The monoisotopic (exact) mass is 407 g/mol. The molecule has 2 heterocycles. The first-order valence-corrected chi connectivity index (χ1v) is 8.99. The number of non-ortho nitro benzene ring substituents is 1. The van der Waals surface area contributed by atoms with Gasteiger partial charge in [0.2, 0.25) is 5.91 Å². The summed E-state index contributed by atoms with van der Waals surface area (Å²) in [6, 6.07) is 7.39. The van der Waals surface area contributed by atoms with Crippen LogP contribution in [-0.2, 0) is 17.9 Å². The van der Waals surface area contributed by atoms with Gasteiger partial charge in [-0.3, -0.25) is 19.5 Å². The largest absolute Gasteiger partial charge is 0.420 e. The van der Waals surface area contributed by atoms with Crippen LogP contribution in [0.15, 0.2) is 52.2 Å². The molecule has 0 aliphatic carbocycles. The number of hydrogen-bond acceptors (Lipinski definition) is 6. The normalized spacial score (nSPS) is 10.9. The van der Waals surface area contributed by atoms with Gasteiger partial charge in [-0.05, 0) is 18.2 Å². The number of oxazole rings is 1. The van der Waals surface area contributed by atoms with Crippen molar-refractivity contribution in [2.24, 2.45) is 0 Å². The Morgan fingerprint density at radius 1 is 1.41 bits per heavy atom. The van der Waals surface area contributed by atoms with Crippen LogP contribution in [0.2, 0.25) is 4.34 Å². The minimum atomic E-state index is -0.753. The zero-order chi connectivity index (χ0) is 19.6. The topological polar surface area (TPSA) is 98.6 Å². The minimum Gasteiger partial charge on any atom is -0.407 e. The molecule has 0 aliphatic rings. The lowest BCUT2D eigenvalue weighted by atomic mass is 10.3. The van der Waals surface area contributed by atoms with Gasteiger partial charge in [0, 0.05) is 17.5 Å². The first-order chi connectivity index (χ1) is 12.9. The molecule has 0 fully saturated rings. The maximum absolute atomic E-state index is 12.7. The van der Waals surface area contributed by atoms with E-state index in [0.29, 0.717) is 22.9 Å². The zero-order valence-corrected chi connectivity index (χ0v) is 15.5. The molecule has 27 heavy (non-hydrogen) atoms. The lowest BCUT2D eigenvalue weighted by molar-refractivity contribution is -0.384. The summed E-state index contributed by atoms with van der Waals surface area (Å²) in [5.41, 5.74) is 0.177. The van der Waals surface area contributed by atoms with Gasteiger partial charge < -0.3 is 9.32 Å². The number of carbonyl (C=O) groups excluding carboxylic acids is 1. The average Bonchev–Trinajstić information content (AvgIpc) is 3.17. The predicted molar refractivity (Wildman–Crippen MR) is 102 cm³/mol. The Morgan fingerprint density at radius 3 is 2.81 bits per heavy atom. The summed E-state index contributed by atoms with van der Waals surface area (Å²) >= 11 is 7.29. The Balaban J connectivity index is 1.86. The number of hydrogen-bond donors (Lipinski definition) is 0. The number of rotatable bonds is 7. The zero-order valence-electron chi connectivity index (χ0n) is 14.0. The van der Waals surface area contributed by atoms with E-state index in [4.69, 9.17) is 16.0 Å². The first kappa shape index (κ1) is 18.9. The highest BCUT2D eigenvalue weighted by Crippen LogP contribution is 2.23. The number of nitro benzene ring substituents is 1. The Labute approximate surface area is 162 Å². The predicted octanol–water partition coefficient (Wildman–Crippen LogP) is 3.43. The van der Waals surface area contributed by atoms with Crippen molar-refractivity contribution >= 4 is 45.6 Å². The van der Waals surface area contributed by atoms with Crippen LogP contribution in [0.1, 0.15) is 4.88 Å². The fourth-order valence-electron chi connectivity index (χ4n) is 2.59. The highest BCUT2D eigenvalue weighted by molar-refractivity contribution is 7.16. The van der Waals surface area contributed by atoms with Gasteiger partial charge in [-0.2, -0.15) is 0 Å². The summed E-state index contributed by atoms with van der Waals surface area (Å²) in [5, 5.41) is 10.9. The quantitative estimate of drug-likeness (QED) is 0.339. The van der Waals surface area contributed by atoms with Gasteiger partial charge in [0.15, 0.2) is 5.58 Å². The number of nitro groups is 1. The minimum absolute atomic E-state index is 0.0577. The van der Waals surface area contributed by atoms with Crippen LogP contribution in [0.3, 0.4) is 0 Å². The highest BCUT2D eigenvalue weighted by atomic mass is 35.5. The van der Waals surface area contributed by atoms with Crippen molar-refractivity contribution in [1.29, 1.82) is 0 Å². The summed E-state index contributed by atoms with van der Waals surface area (Å²) in [4.78, 5) is 37.5. The van der Waals surface area contributed by atoms with Crippen molar-refractivity contribution in [1.82, 2.24) is 9.47 Å². The van der Waals surface area contributed by atoms with Crippen molar-refractivity contribution < 1.29 is 14.1 Å². The smallest absolute Gasteiger partial charge is 0.407 e. The van der Waals surface area contributed by atoms with Crippen molar-refractivity contribution in [2.45, 2.75) is 13.1 Å². The van der Waals surface area contributed by atoms with Crippen molar-refractivity contribution in [3.8, 4) is 0 Å². The van der Waals surface area contributed by atoms with E-state index in [0.717, 1.165) is 15.5 Å². The van der Waals surface area contributed by atoms with Crippen LogP contribution in [0.5, 0.6) is 0 Å². The molecule has 0 spiro atoms. The fraction of sp³-hybridized carbons (Fsp3) is 0.176. The molecule has 0 saturated carbocycles. The summed E-state index contributed by atoms with van der Waals surface area (Å²) in [6.07, 6.45) is 1.59. The fourth-order valence-corrected chi connectivity index (χ4v) is 3.69. The molecular formula is C17H14ClN3O5S. The van der Waals surface area contributed by atoms with Gasteiger partial charge in [0.05, 0.1) is 27.4 Å². The van der Waals surface area contributed by atoms with Crippen molar-refractivity contribution in [3.63, 3.8) is 0 Å². The molecule has 10 heteroatoms. The average molecular weight is 408 g/mol. The summed E-state index contributed by atoms with van der Waals surface area (Å²) in [6.45, 7) is 4.03. The number of aromatic nitrogens is 1. The van der Waals surface area contributed by atoms with E-state index in [9.17, 15) is 19.7 Å². The molecule has 3 rings (SSSR count). The Bertz CT molecular complexity index is 1080. The van der Waals surface area contributed by atoms with Gasteiger partial charge in [-0.25, -0.2) is 4.79 Å². The van der Waals surface area contributed by atoms with Gasteiger partial charge in [0.25, 0.3) is 5.69 Å². The van der Waals surface area contributed by atoms with Gasteiger partial charge in [-0.1, -0.05) is 17.7 Å². The van der Waals surface area contributed by atoms with Crippen LogP contribution in [0.25, 0.3) is 11.1 Å². The standard InChI is InChI=1S/C17H14ClN3O5S/c1-2-7-19(9-12-4-6-15(18)27-12)16(22)10-20-13-5-3-11(21(24)25)8-14(13)26-17(20)23/h2-6,8H,1,7,9-10H2. The molecule has 8 nitrogen and oxygen atoms in total. The van der Waals surface area contributed by atoms with E-state index in [1.54, 1.807) is 12.1 Å². The first-order valence-electron chi connectivity index (χ1n) is 7.79. The van der Waals surface area contributed by atoms with Crippen LogP contribution in [0, 0.1) is 10.1 Å². The third-order valence-corrected chi connectivity index (χ3v) is 5.05. The van der Waals surface area contributed by atoms with Crippen molar-refractivity contribution in [3.05, 3.63) is 72.9 Å². The lowest BCUT2D eigenvalue weighted by Crippen LogP contribution is -2.35. The van der Waals surface area contributed by atoms with E-state index in [1.807, 2.05) is 6.07 Å². The Hall–Kier alpha value is -2.91. The molecule has 140 valence electrons.